The molecule has 0 amide bonds. The molecule has 0 bridgehead atoms. The highest BCUT2D eigenvalue weighted by molar-refractivity contribution is 9.10. The molecule has 100 valence electrons. The van der Waals surface area contributed by atoms with Crippen LogP contribution in [-0.4, -0.2) is 4.92 Å². The van der Waals surface area contributed by atoms with E-state index in [4.69, 9.17) is 11.6 Å². The summed E-state index contributed by atoms with van der Waals surface area (Å²) < 4.78 is 1.06. The van der Waals surface area contributed by atoms with Crippen molar-refractivity contribution in [2.75, 3.05) is 5.32 Å². The quantitative estimate of drug-likeness (QED) is 0.616. The van der Waals surface area contributed by atoms with Gasteiger partial charge in [-0.05, 0) is 41.1 Å². The number of thiophene rings is 1. The summed E-state index contributed by atoms with van der Waals surface area (Å²) in [7, 11) is 0. The summed E-state index contributed by atoms with van der Waals surface area (Å²) in [6.07, 6.45) is 0. The molecule has 2 aromatic rings. The Morgan fingerprint density at radius 3 is 2.79 bits per heavy atom. The van der Waals surface area contributed by atoms with Crippen LogP contribution in [0.3, 0.4) is 0 Å². The van der Waals surface area contributed by atoms with E-state index in [0.29, 0.717) is 17.3 Å². The highest BCUT2D eigenvalue weighted by Crippen LogP contribution is 2.30. The highest BCUT2D eigenvalue weighted by atomic mass is 79.9. The summed E-state index contributed by atoms with van der Waals surface area (Å²) in [6.45, 7) is 2.56. The Bertz CT molecular complexity index is 611. The minimum Gasteiger partial charge on any atom is -0.375 e. The number of rotatable bonds is 4. The average Bonchev–Trinajstić information content (AvgIpc) is 2.67. The molecule has 4 nitrogen and oxygen atoms in total. The summed E-state index contributed by atoms with van der Waals surface area (Å²) in [4.78, 5) is 12.8. The van der Waals surface area contributed by atoms with E-state index in [0.717, 1.165) is 9.35 Å². The lowest BCUT2D eigenvalue weighted by atomic mass is 10.2. The molecule has 1 N–H and O–H groups in total. The molecule has 0 saturated carbocycles. The molecule has 0 aliphatic rings. The van der Waals surface area contributed by atoms with Gasteiger partial charge in [-0.1, -0.05) is 11.6 Å². The maximum absolute atomic E-state index is 10.9. The summed E-state index contributed by atoms with van der Waals surface area (Å²) in [6, 6.07) is 6.61. The Balaban J connectivity index is 2.17. The Hall–Kier alpha value is -1.11. The van der Waals surface area contributed by atoms with Crippen molar-refractivity contribution >= 4 is 50.2 Å². The fourth-order valence-corrected chi connectivity index (χ4v) is 3.30. The van der Waals surface area contributed by atoms with E-state index < -0.39 is 4.92 Å². The summed E-state index contributed by atoms with van der Waals surface area (Å²) in [5.41, 5.74) is 0.455. The van der Waals surface area contributed by atoms with Crippen molar-refractivity contribution in [1.82, 2.24) is 0 Å². The molecule has 0 aliphatic heterocycles. The van der Waals surface area contributed by atoms with Crippen LogP contribution in [0.5, 0.6) is 0 Å². The van der Waals surface area contributed by atoms with Crippen molar-refractivity contribution in [2.24, 2.45) is 0 Å². The molecule has 0 fully saturated rings. The SMILES string of the molecule is Cc1sc(CNc2ccc(Cl)cc2[N+](=O)[O-])cc1Br. The smallest absolute Gasteiger partial charge is 0.293 e. The van der Waals surface area contributed by atoms with Crippen molar-refractivity contribution < 1.29 is 4.92 Å². The Kier molecular flexibility index (Phi) is 4.44. The summed E-state index contributed by atoms with van der Waals surface area (Å²) in [5, 5.41) is 14.4. The van der Waals surface area contributed by atoms with Crippen LogP contribution in [0.15, 0.2) is 28.7 Å². The predicted molar refractivity (Wildman–Crippen MR) is 82.2 cm³/mol. The van der Waals surface area contributed by atoms with E-state index in [1.165, 1.54) is 10.9 Å². The maximum atomic E-state index is 10.9. The minimum absolute atomic E-state index is 0.0140. The number of hydrogen-bond acceptors (Lipinski definition) is 4. The second-order valence-electron chi connectivity index (χ2n) is 3.89. The molecule has 0 unspecified atom stereocenters. The standard InChI is InChI=1S/C12H10BrClN2O2S/c1-7-10(13)5-9(19-7)6-15-11-3-2-8(14)4-12(11)16(17)18/h2-5,15H,6H2,1H3. The molecular formula is C12H10BrClN2O2S. The van der Waals surface area contributed by atoms with Crippen molar-refractivity contribution in [2.45, 2.75) is 13.5 Å². The minimum atomic E-state index is -0.441. The van der Waals surface area contributed by atoms with Crippen LogP contribution in [0.4, 0.5) is 11.4 Å². The first-order valence-electron chi connectivity index (χ1n) is 5.40. The lowest BCUT2D eigenvalue weighted by molar-refractivity contribution is -0.383. The first-order chi connectivity index (χ1) is 8.97. The molecule has 0 atom stereocenters. The van der Waals surface area contributed by atoms with E-state index >= 15 is 0 Å². The number of benzene rings is 1. The summed E-state index contributed by atoms with van der Waals surface area (Å²) >= 11 is 10.9. The average molecular weight is 362 g/mol. The monoisotopic (exact) mass is 360 g/mol. The number of nitro groups is 1. The van der Waals surface area contributed by atoms with Gasteiger partial charge in [0.1, 0.15) is 5.69 Å². The topological polar surface area (TPSA) is 55.2 Å². The van der Waals surface area contributed by atoms with E-state index in [9.17, 15) is 10.1 Å². The van der Waals surface area contributed by atoms with Gasteiger partial charge in [-0.25, -0.2) is 0 Å². The van der Waals surface area contributed by atoms with Crippen LogP contribution in [0.1, 0.15) is 9.75 Å². The molecule has 0 spiro atoms. The number of anilines is 1. The fraction of sp³-hybridized carbons (Fsp3) is 0.167. The van der Waals surface area contributed by atoms with Crippen molar-refractivity contribution in [3.05, 3.63) is 53.6 Å². The van der Waals surface area contributed by atoms with Gasteiger partial charge in [-0.2, -0.15) is 0 Å². The molecule has 0 aliphatic carbocycles. The Morgan fingerprint density at radius 2 is 2.21 bits per heavy atom. The van der Waals surface area contributed by atoms with Gasteiger partial charge in [-0.15, -0.1) is 11.3 Å². The third-order valence-corrected chi connectivity index (χ3v) is 4.89. The van der Waals surface area contributed by atoms with Gasteiger partial charge in [0.2, 0.25) is 0 Å². The Labute approximate surface area is 127 Å². The van der Waals surface area contributed by atoms with Crippen molar-refractivity contribution in [3.8, 4) is 0 Å². The lowest BCUT2D eigenvalue weighted by Gasteiger charge is -2.05. The number of nitro benzene ring substituents is 1. The second-order valence-corrected chi connectivity index (χ2v) is 6.52. The van der Waals surface area contributed by atoms with Gasteiger partial charge in [0, 0.05) is 31.9 Å². The second kappa shape index (κ2) is 5.90. The zero-order valence-electron chi connectivity index (χ0n) is 9.94. The number of nitrogens with zero attached hydrogens (tertiary/aromatic N) is 1. The van der Waals surface area contributed by atoms with Crippen LogP contribution >= 0.6 is 38.9 Å². The van der Waals surface area contributed by atoms with Crippen molar-refractivity contribution in [1.29, 1.82) is 0 Å². The zero-order valence-corrected chi connectivity index (χ0v) is 13.1. The molecule has 7 heteroatoms. The third-order valence-electron chi connectivity index (χ3n) is 2.52. The van der Waals surface area contributed by atoms with Gasteiger partial charge in [-0.3, -0.25) is 10.1 Å². The van der Waals surface area contributed by atoms with Crippen LogP contribution in [0, 0.1) is 17.0 Å². The number of hydrogen-bond donors (Lipinski definition) is 1. The Morgan fingerprint density at radius 1 is 1.47 bits per heavy atom. The molecule has 0 saturated heterocycles. The van der Waals surface area contributed by atoms with Gasteiger partial charge in [0.05, 0.1) is 4.92 Å². The zero-order chi connectivity index (χ0) is 14.0. The first kappa shape index (κ1) is 14.3. The molecule has 1 aromatic heterocycles. The number of aryl methyl sites for hydroxylation is 1. The molecule has 2 rings (SSSR count). The molecule has 1 aromatic carbocycles. The van der Waals surface area contributed by atoms with Crippen LogP contribution in [-0.2, 0) is 6.54 Å². The third kappa shape index (κ3) is 3.46. The lowest BCUT2D eigenvalue weighted by Crippen LogP contribution is -2.01. The van der Waals surface area contributed by atoms with E-state index in [1.807, 2.05) is 13.0 Å². The molecule has 1 heterocycles. The molecular weight excluding hydrogens is 352 g/mol. The number of halogens is 2. The van der Waals surface area contributed by atoms with Gasteiger partial charge in [0.25, 0.3) is 5.69 Å². The van der Waals surface area contributed by atoms with Gasteiger partial charge in [0.15, 0.2) is 0 Å². The largest absolute Gasteiger partial charge is 0.375 e. The molecule has 19 heavy (non-hydrogen) atoms. The normalized spacial score (nSPS) is 10.5. The van der Waals surface area contributed by atoms with E-state index in [-0.39, 0.29) is 5.69 Å². The maximum Gasteiger partial charge on any atom is 0.293 e. The van der Waals surface area contributed by atoms with Crippen LogP contribution in [0.2, 0.25) is 5.02 Å². The van der Waals surface area contributed by atoms with E-state index in [2.05, 4.69) is 21.2 Å². The van der Waals surface area contributed by atoms with Gasteiger partial charge < -0.3 is 5.32 Å². The number of nitrogens with one attached hydrogen (secondary N) is 1. The van der Waals surface area contributed by atoms with Gasteiger partial charge >= 0.3 is 0 Å². The van der Waals surface area contributed by atoms with Crippen LogP contribution in [0.25, 0.3) is 0 Å². The predicted octanol–water partition coefficient (Wildman–Crippen LogP) is 4.99. The fourth-order valence-electron chi connectivity index (χ4n) is 1.59. The molecule has 0 radical (unpaired) electrons. The highest BCUT2D eigenvalue weighted by Gasteiger charge is 2.14. The van der Waals surface area contributed by atoms with Crippen molar-refractivity contribution in [3.63, 3.8) is 0 Å². The van der Waals surface area contributed by atoms with Crippen LogP contribution < -0.4 is 5.32 Å². The first-order valence-corrected chi connectivity index (χ1v) is 7.38. The summed E-state index contributed by atoms with van der Waals surface area (Å²) in [5.74, 6) is 0. The van der Waals surface area contributed by atoms with E-state index in [1.54, 1.807) is 23.5 Å².